The average molecular weight is 777 g/mol. The number of nitrogens with zero attached hydrogens (tertiary/aromatic N) is 4. The van der Waals surface area contributed by atoms with Crippen molar-refractivity contribution in [2.45, 2.75) is 0 Å². The largest absolute Gasteiger partial charge is 0.309 e. The maximum Gasteiger partial charge on any atom is 0.164 e. The molecule has 0 bridgehead atoms. The number of hydrogen-bond donors (Lipinski definition) is 0. The third kappa shape index (κ3) is 6.04. The Kier molecular flexibility index (Phi) is 8.13. The van der Waals surface area contributed by atoms with Gasteiger partial charge in [0.2, 0.25) is 0 Å². The van der Waals surface area contributed by atoms with Crippen LogP contribution in [0.1, 0.15) is 0 Å². The number of aromatic nitrogens is 4. The first-order valence-electron chi connectivity index (χ1n) is 20.7. The molecule has 284 valence electrons. The van der Waals surface area contributed by atoms with Gasteiger partial charge in [-0.05, 0) is 97.0 Å². The lowest BCUT2D eigenvalue weighted by Crippen LogP contribution is -2.02. The van der Waals surface area contributed by atoms with E-state index in [1.54, 1.807) is 0 Å². The van der Waals surface area contributed by atoms with Gasteiger partial charge < -0.3 is 4.57 Å². The molecule has 10 aromatic carbocycles. The maximum atomic E-state index is 5.27. The van der Waals surface area contributed by atoms with Crippen LogP contribution in [0.4, 0.5) is 0 Å². The van der Waals surface area contributed by atoms with Gasteiger partial charge in [0.1, 0.15) is 0 Å². The molecule has 0 spiro atoms. The fraction of sp³-hybridized carbons (Fsp3) is 0. The van der Waals surface area contributed by atoms with E-state index in [0.29, 0.717) is 17.5 Å². The topological polar surface area (TPSA) is 43.6 Å². The van der Waals surface area contributed by atoms with Crippen LogP contribution in [-0.2, 0) is 0 Å². The van der Waals surface area contributed by atoms with Crippen LogP contribution in [0.3, 0.4) is 0 Å². The lowest BCUT2D eigenvalue weighted by molar-refractivity contribution is 1.07. The summed E-state index contributed by atoms with van der Waals surface area (Å²) < 4.78 is 2.42. The van der Waals surface area contributed by atoms with Crippen LogP contribution in [0, 0.1) is 0 Å². The zero-order valence-electron chi connectivity index (χ0n) is 33.1. The molecule has 0 aliphatic rings. The van der Waals surface area contributed by atoms with Crippen molar-refractivity contribution in [3.63, 3.8) is 0 Å². The van der Waals surface area contributed by atoms with Crippen LogP contribution < -0.4 is 0 Å². The molecule has 2 heterocycles. The summed E-state index contributed by atoms with van der Waals surface area (Å²) in [5, 5.41) is 9.78. The van der Waals surface area contributed by atoms with Gasteiger partial charge in [0.05, 0.1) is 11.0 Å². The number of rotatable bonds is 6. The molecule has 61 heavy (non-hydrogen) atoms. The molecule has 2 aromatic heterocycles. The zero-order valence-corrected chi connectivity index (χ0v) is 33.1. The van der Waals surface area contributed by atoms with E-state index in [0.717, 1.165) is 50.1 Å². The molecule has 0 fully saturated rings. The Hall–Kier alpha value is -8.21. The summed E-state index contributed by atoms with van der Waals surface area (Å²) >= 11 is 0. The Morgan fingerprint density at radius 2 is 0.721 bits per heavy atom. The van der Waals surface area contributed by atoms with E-state index in [1.807, 2.05) is 18.2 Å². The van der Waals surface area contributed by atoms with Crippen molar-refractivity contribution < 1.29 is 0 Å². The molecule has 0 N–H and O–H groups in total. The SMILES string of the molecule is c1ccc(-c2nc(-c3ccc(-c4cccc5ccccc45)cc3)nc(-c3ccc(-n4c5cc6ccccc6cc5c5cc6ccccc6cc54)cc3-c3ccccc3)n2)cc1. The van der Waals surface area contributed by atoms with Crippen LogP contribution in [-0.4, -0.2) is 19.5 Å². The summed E-state index contributed by atoms with van der Waals surface area (Å²) in [4.78, 5) is 15.6. The highest BCUT2D eigenvalue weighted by atomic mass is 15.0. The van der Waals surface area contributed by atoms with Gasteiger partial charge >= 0.3 is 0 Å². The molecular weight excluding hydrogens is 741 g/mol. The minimum atomic E-state index is 0.617. The Labute approximate surface area is 352 Å². The van der Waals surface area contributed by atoms with E-state index >= 15 is 0 Å². The maximum absolute atomic E-state index is 5.27. The predicted octanol–water partition coefficient (Wildman–Crippen LogP) is 14.8. The fourth-order valence-corrected chi connectivity index (χ4v) is 9.01. The molecule has 12 aromatic rings. The Morgan fingerprint density at radius 3 is 1.34 bits per heavy atom. The summed E-state index contributed by atoms with van der Waals surface area (Å²) in [6.45, 7) is 0. The van der Waals surface area contributed by atoms with Gasteiger partial charge in [-0.15, -0.1) is 0 Å². The van der Waals surface area contributed by atoms with Crippen molar-refractivity contribution in [2.75, 3.05) is 0 Å². The highest BCUT2D eigenvalue weighted by Gasteiger charge is 2.20. The lowest BCUT2D eigenvalue weighted by Gasteiger charge is -2.16. The molecule has 4 nitrogen and oxygen atoms in total. The second kappa shape index (κ2) is 14.3. The molecule has 0 aliphatic heterocycles. The fourth-order valence-electron chi connectivity index (χ4n) is 9.01. The molecule has 0 radical (unpaired) electrons. The molecule has 12 rings (SSSR count). The smallest absolute Gasteiger partial charge is 0.164 e. The second-order valence-corrected chi connectivity index (χ2v) is 15.6. The third-order valence-electron chi connectivity index (χ3n) is 12.0. The van der Waals surface area contributed by atoms with Crippen molar-refractivity contribution in [1.82, 2.24) is 19.5 Å². The normalized spacial score (nSPS) is 11.6. The summed E-state index contributed by atoms with van der Waals surface area (Å²) in [6.07, 6.45) is 0. The highest BCUT2D eigenvalue weighted by Crippen LogP contribution is 2.40. The van der Waals surface area contributed by atoms with Crippen molar-refractivity contribution in [3.8, 4) is 62.1 Å². The van der Waals surface area contributed by atoms with Crippen LogP contribution in [0.5, 0.6) is 0 Å². The van der Waals surface area contributed by atoms with Gasteiger partial charge in [0.25, 0.3) is 0 Å². The quantitative estimate of drug-likeness (QED) is 0.169. The minimum Gasteiger partial charge on any atom is -0.309 e. The molecular formula is C57H36N4. The third-order valence-corrected chi connectivity index (χ3v) is 12.0. The van der Waals surface area contributed by atoms with E-state index < -0.39 is 0 Å². The van der Waals surface area contributed by atoms with Gasteiger partial charge in [0.15, 0.2) is 17.5 Å². The molecule has 4 heteroatoms. The van der Waals surface area contributed by atoms with Gasteiger partial charge in [-0.1, -0.05) is 176 Å². The molecule has 0 saturated heterocycles. The van der Waals surface area contributed by atoms with Gasteiger partial charge in [0, 0.05) is 33.2 Å². The number of hydrogen-bond acceptors (Lipinski definition) is 3. The van der Waals surface area contributed by atoms with Gasteiger partial charge in [-0.3, -0.25) is 0 Å². The Balaban J connectivity index is 1.06. The van der Waals surface area contributed by atoms with E-state index in [-0.39, 0.29) is 0 Å². The standard InChI is InChI=1S/C57H36N4/c1-3-14-38(15-4-1)50-36-46(61-53-34-44-21-9-7-19-42(44)32-51(53)52-33-43-20-8-10-22-45(43)35-54(52)61)30-31-49(50)57-59-55(40-17-5-2-6-18-40)58-56(60-57)41-28-26-39(27-29-41)48-25-13-23-37-16-11-12-24-47(37)48/h1-36H. The first-order valence-corrected chi connectivity index (χ1v) is 20.7. The first kappa shape index (κ1) is 34.8. The van der Waals surface area contributed by atoms with Gasteiger partial charge in [-0.2, -0.15) is 0 Å². The van der Waals surface area contributed by atoms with Crippen molar-refractivity contribution >= 4 is 54.1 Å². The summed E-state index contributed by atoms with van der Waals surface area (Å²) in [7, 11) is 0. The second-order valence-electron chi connectivity index (χ2n) is 15.6. The summed E-state index contributed by atoms with van der Waals surface area (Å²) in [6, 6.07) is 77.7. The first-order chi connectivity index (χ1) is 30.2. The molecule has 0 unspecified atom stereocenters. The summed E-state index contributed by atoms with van der Waals surface area (Å²) in [5.41, 5.74) is 10.6. The highest BCUT2D eigenvalue weighted by molar-refractivity contribution is 6.16. The summed E-state index contributed by atoms with van der Waals surface area (Å²) in [5.74, 6) is 1.87. The van der Waals surface area contributed by atoms with Gasteiger partial charge in [-0.25, -0.2) is 15.0 Å². The zero-order chi connectivity index (χ0) is 40.3. The van der Waals surface area contributed by atoms with Crippen LogP contribution in [0.15, 0.2) is 218 Å². The molecule has 0 atom stereocenters. The monoisotopic (exact) mass is 776 g/mol. The Bertz CT molecular complexity index is 3530. The predicted molar refractivity (Wildman–Crippen MR) is 254 cm³/mol. The van der Waals surface area contributed by atoms with Crippen LogP contribution in [0.2, 0.25) is 0 Å². The van der Waals surface area contributed by atoms with Crippen LogP contribution in [0.25, 0.3) is 116 Å². The van der Waals surface area contributed by atoms with E-state index in [4.69, 9.17) is 15.0 Å². The van der Waals surface area contributed by atoms with Crippen molar-refractivity contribution in [3.05, 3.63) is 218 Å². The lowest BCUT2D eigenvalue weighted by atomic mass is 9.97. The number of fused-ring (bicyclic) bond motifs is 6. The van der Waals surface area contributed by atoms with Crippen molar-refractivity contribution in [2.24, 2.45) is 0 Å². The minimum absolute atomic E-state index is 0.617. The van der Waals surface area contributed by atoms with E-state index in [1.165, 1.54) is 48.7 Å². The Morgan fingerprint density at radius 1 is 0.262 bits per heavy atom. The number of benzene rings is 10. The van der Waals surface area contributed by atoms with E-state index in [2.05, 4.69) is 205 Å². The molecule has 0 amide bonds. The van der Waals surface area contributed by atoms with E-state index in [9.17, 15) is 0 Å². The average Bonchev–Trinajstić information content (AvgIpc) is 3.64. The molecule has 0 aliphatic carbocycles. The van der Waals surface area contributed by atoms with Crippen LogP contribution >= 0.6 is 0 Å². The molecule has 0 saturated carbocycles. The van der Waals surface area contributed by atoms with Crippen molar-refractivity contribution in [1.29, 1.82) is 0 Å².